The molecular weight excluding hydrogens is 289 g/mol. The van der Waals surface area contributed by atoms with Gasteiger partial charge in [0.1, 0.15) is 0 Å². The molecule has 4 N–H and O–H groups in total. The van der Waals surface area contributed by atoms with Gasteiger partial charge < -0.3 is 16.4 Å². The van der Waals surface area contributed by atoms with Crippen LogP contribution in [-0.2, 0) is 0 Å². The van der Waals surface area contributed by atoms with E-state index in [2.05, 4.69) is 20.8 Å². The molecule has 0 spiro atoms. The van der Waals surface area contributed by atoms with Crippen LogP contribution < -0.4 is 16.4 Å². The smallest absolute Gasteiger partial charge is 0.0766 e. The van der Waals surface area contributed by atoms with Gasteiger partial charge in [0.15, 0.2) is 0 Å². The molecule has 0 aromatic heterocycles. The van der Waals surface area contributed by atoms with Gasteiger partial charge in [-0.2, -0.15) is 0 Å². The Bertz CT molecular complexity index is 403. The van der Waals surface area contributed by atoms with Crippen LogP contribution in [0, 0.1) is 0 Å². The van der Waals surface area contributed by atoms with Crippen LogP contribution in [0.15, 0.2) is 10.5 Å². The molecule has 1 aliphatic heterocycles. The number of anilines is 3. The highest BCUT2D eigenvalue weighted by molar-refractivity contribution is 9.10. The maximum Gasteiger partial charge on any atom is 0.0766 e. The fourth-order valence-electron chi connectivity index (χ4n) is 2.08. The highest BCUT2D eigenvalue weighted by atomic mass is 79.9. The largest absolute Gasteiger partial charge is 0.397 e. The Morgan fingerprint density at radius 2 is 1.81 bits per heavy atom. The molecule has 1 fully saturated rings. The molecule has 1 heterocycles. The number of nitrogens with two attached hydrogens (primary N) is 2. The molecule has 0 unspecified atom stereocenters. The summed E-state index contributed by atoms with van der Waals surface area (Å²) in [5.74, 6) is 0. The van der Waals surface area contributed by atoms with E-state index in [4.69, 9.17) is 23.1 Å². The number of halogens is 2. The van der Waals surface area contributed by atoms with Crippen LogP contribution >= 0.6 is 27.5 Å². The Morgan fingerprint density at radius 1 is 1.19 bits per heavy atom. The quantitative estimate of drug-likeness (QED) is 0.783. The summed E-state index contributed by atoms with van der Waals surface area (Å²) in [6.07, 6.45) is 3.69. The van der Waals surface area contributed by atoms with Gasteiger partial charge in [-0.1, -0.05) is 11.6 Å². The van der Waals surface area contributed by atoms with E-state index in [0.717, 1.165) is 23.2 Å². The van der Waals surface area contributed by atoms with Gasteiger partial charge in [-0.25, -0.2) is 0 Å². The van der Waals surface area contributed by atoms with Crippen LogP contribution in [0.3, 0.4) is 0 Å². The molecular formula is C11H15BrClN3. The van der Waals surface area contributed by atoms with Gasteiger partial charge >= 0.3 is 0 Å². The van der Waals surface area contributed by atoms with Crippen molar-refractivity contribution in [2.24, 2.45) is 0 Å². The summed E-state index contributed by atoms with van der Waals surface area (Å²) in [6.45, 7) is 2.06. The zero-order chi connectivity index (χ0) is 11.7. The third-order valence-corrected chi connectivity index (χ3v) is 4.05. The molecule has 0 radical (unpaired) electrons. The predicted octanol–water partition coefficient (Wildman–Crippen LogP) is 3.26. The lowest BCUT2D eigenvalue weighted by Gasteiger charge is -2.31. The van der Waals surface area contributed by atoms with Crippen molar-refractivity contribution in [3.63, 3.8) is 0 Å². The van der Waals surface area contributed by atoms with Gasteiger partial charge in [-0.05, 0) is 41.3 Å². The molecule has 1 aliphatic rings. The molecule has 5 heteroatoms. The number of nitrogen functional groups attached to an aromatic ring is 2. The molecule has 1 aromatic carbocycles. The number of nitrogens with zero attached hydrogens (tertiary/aromatic N) is 1. The van der Waals surface area contributed by atoms with Crippen molar-refractivity contribution >= 4 is 44.6 Å². The first-order valence-corrected chi connectivity index (χ1v) is 6.56. The monoisotopic (exact) mass is 303 g/mol. The molecule has 0 aliphatic carbocycles. The third-order valence-electron chi connectivity index (χ3n) is 2.93. The minimum absolute atomic E-state index is 0.505. The van der Waals surface area contributed by atoms with Gasteiger partial charge in [0.05, 0.1) is 26.6 Å². The first-order chi connectivity index (χ1) is 7.61. The van der Waals surface area contributed by atoms with Crippen molar-refractivity contribution in [1.82, 2.24) is 0 Å². The summed E-state index contributed by atoms with van der Waals surface area (Å²) in [4.78, 5) is 2.27. The molecule has 0 bridgehead atoms. The van der Waals surface area contributed by atoms with E-state index in [-0.39, 0.29) is 0 Å². The highest BCUT2D eigenvalue weighted by Gasteiger charge is 2.19. The molecule has 0 amide bonds. The van der Waals surface area contributed by atoms with Gasteiger partial charge in [-0.3, -0.25) is 0 Å². The fourth-order valence-corrected chi connectivity index (χ4v) is 3.10. The second-order valence-corrected chi connectivity index (χ2v) is 5.27. The first-order valence-electron chi connectivity index (χ1n) is 5.39. The summed E-state index contributed by atoms with van der Waals surface area (Å²) in [6, 6.07) is 1.73. The van der Waals surface area contributed by atoms with Crippen molar-refractivity contribution in [3.8, 4) is 0 Å². The minimum atomic E-state index is 0.505. The van der Waals surface area contributed by atoms with E-state index < -0.39 is 0 Å². The minimum Gasteiger partial charge on any atom is -0.397 e. The molecule has 1 aromatic rings. The lowest BCUT2D eigenvalue weighted by atomic mass is 10.1. The molecule has 1 saturated heterocycles. The van der Waals surface area contributed by atoms with Gasteiger partial charge in [0, 0.05) is 13.1 Å². The standard InChI is InChI=1S/C11H15BrClN3/c12-9-10(15)7(13)6-8(14)11(9)16-4-2-1-3-5-16/h6H,1-5,14-15H2. The zero-order valence-corrected chi connectivity index (χ0v) is 11.3. The number of rotatable bonds is 1. The maximum atomic E-state index is 6.01. The lowest BCUT2D eigenvalue weighted by molar-refractivity contribution is 0.578. The summed E-state index contributed by atoms with van der Waals surface area (Å²) in [5.41, 5.74) is 14.1. The Kier molecular flexibility index (Phi) is 3.50. The number of benzene rings is 1. The van der Waals surface area contributed by atoms with Crippen molar-refractivity contribution < 1.29 is 0 Å². The van der Waals surface area contributed by atoms with Crippen LogP contribution in [0.1, 0.15) is 19.3 Å². The van der Waals surface area contributed by atoms with E-state index in [0.29, 0.717) is 16.4 Å². The molecule has 0 saturated carbocycles. The van der Waals surface area contributed by atoms with Gasteiger partial charge in [0.2, 0.25) is 0 Å². The Hall–Kier alpha value is -0.610. The van der Waals surface area contributed by atoms with Crippen LogP contribution in [0.4, 0.5) is 17.1 Å². The second kappa shape index (κ2) is 4.72. The Morgan fingerprint density at radius 3 is 2.44 bits per heavy atom. The van der Waals surface area contributed by atoms with E-state index in [1.165, 1.54) is 19.3 Å². The van der Waals surface area contributed by atoms with Crippen molar-refractivity contribution in [3.05, 3.63) is 15.6 Å². The van der Waals surface area contributed by atoms with Crippen LogP contribution in [0.2, 0.25) is 5.02 Å². The zero-order valence-electron chi connectivity index (χ0n) is 8.97. The van der Waals surface area contributed by atoms with Crippen LogP contribution in [0.25, 0.3) is 0 Å². The number of hydrogen-bond acceptors (Lipinski definition) is 3. The second-order valence-electron chi connectivity index (χ2n) is 4.07. The molecule has 0 atom stereocenters. The summed E-state index contributed by atoms with van der Waals surface area (Å²) < 4.78 is 0.819. The molecule has 3 nitrogen and oxygen atoms in total. The first kappa shape index (κ1) is 11.9. The number of hydrogen-bond donors (Lipinski definition) is 2. The van der Waals surface area contributed by atoms with Gasteiger partial charge in [0.25, 0.3) is 0 Å². The predicted molar refractivity (Wildman–Crippen MR) is 74.0 cm³/mol. The highest BCUT2D eigenvalue weighted by Crippen LogP contribution is 2.41. The van der Waals surface area contributed by atoms with Crippen LogP contribution in [-0.4, -0.2) is 13.1 Å². The van der Waals surface area contributed by atoms with E-state index >= 15 is 0 Å². The Balaban J connectivity index is 2.42. The molecule has 88 valence electrons. The van der Waals surface area contributed by atoms with E-state index in [9.17, 15) is 0 Å². The fraction of sp³-hybridized carbons (Fsp3) is 0.455. The summed E-state index contributed by atoms with van der Waals surface area (Å²) in [5, 5.41) is 0.505. The summed E-state index contributed by atoms with van der Waals surface area (Å²) >= 11 is 9.46. The lowest BCUT2D eigenvalue weighted by Crippen LogP contribution is -2.30. The van der Waals surface area contributed by atoms with Gasteiger partial charge in [-0.15, -0.1) is 0 Å². The molecule has 2 rings (SSSR count). The van der Waals surface area contributed by atoms with E-state index in [1.807, 2.05) is 0 Å². The van der Waals surface area contributed by atoms with Crippen molar-refractivity contribution in [2.45, 2.75) is 19.3 Å². The number of piperidine rings is 1. The maximum absolute atomic E-state index is 6.01. The third kappa shape index (κ3) is 2.09. The Labute approximate surface area is 109 Å². The topological polar surface area (TPSA) is 55.3 Å². The van der Waals surface area contributed by atoms with Crippen molar-refractivity contribution in [2.75, 3.05) is 29.5 Å². The van der Waals surface area contributed by atoms with Crippen molar-refractivity contribution in [1.29, 1.82) is 0 Å². The average molecular weight is 305 g/mol. The normalized spacial score (nSPS) is 16.5. The molecule has 16 heavy (non-hydrogen) atoms. The van der Waals surface area contributed by atoms with E-state index in [1.54, 1.807) is 6.07 Å². The average Bonchev–Trinajstić information content (AvgIpc) is 2.28. The van der Waals surface area contributed by atoms with Crippen LogP contribution in [0.5, 0.6) is 0 Å². The summed E-state index contributed by atoms with van der Waals surface area (Å²) in [7, 11) is 0. The SMILES string of the molecule is Nc1cc(Cl)c(N)c(Br)c1N1CCCCC1.